The summed E-state index contributed by atoms with van der Waals surface area (Å²) in [6.45, 7) is 0.560. The molecule has 0 aliphatic carbocycles. The van der Waals surface area contributed by atoms with Crippen molar-refractivity contribution in [1.29, 1.82) is 0 Å². The Morgan fingerprint density at radius 2 is 2.40 bits per heavy atom. The summed E-state index contributed by atoms with van der Waals surface area (Å²) in [6.07, 6.45) is 2.85. The SMILES string of the molecule is NCC1CCCP(=O)(O)C1. The van der Waals surface area contributed by atoms with Crippen molar-refractivity contribution in [3.8, 4) is 0 Å². The van der Waals surface area contributed by atoms with Crippen LogP contribution in [0, 0.1) is 5.92 Å². The van der Waals surface area contributed by atoms with E-state index in [0.29, 0.717) is 24.8 Å². The molecule has 1 aliphatic heterocycles. The van der Waals surface area contributed by atoms with E-state index in [-0.39, 0.29) is 0 Å². The van der Waals surface area contributed by atoms with Gasteiger partial charge in [0.25, 0.3) is 0 Å². The normalized spacial score (nSPS) is 41.6. The van der Waals surface area contributed by atoms with Gasteiger partial charge in [-0.25, -0.2) is 0 Å². The van der Waals surface area contributed by atoms with Gasteiger partial charge in [0.1, 0.15) is 0 Å². The molecule has 0 aromatic carbocycles. The van der Waals surface area contributed by atoms with Crippen LogP contribution >= 0.6 is 7.37 Å². The summed E-state index contributed by atoms with van der Waals surface area (Å²) < 4.78 is 11.1. The van der Waals surface area contributed by atoms with E-state index in [0.717, 1.165) is 12.8 Å². The molecule has 1 fully saturated rings. The van der Waals surface area contributed by atoms with Gasteiger partial charge >= 0.3 is 0 Å². The molecule has 2 unspecified atom stereocenters. The fourth-order valence-corrected chi connectivity index (χ4v) is 3.40. The van der Waals surface area contributed by atoms with Crippen molar-refractivity contribution >= 4 is 7.37 Å². The predicted octanol–water partition coefficient (Wildman–Crippen LogP) is 0.626. The zero-order valence-electron chi connectivity index (χ0n) is 5.99. The fourth-order valence-electron chi connectivity index (χ4n) is 1.41. The van der Waals surface area contributed by atoms with Crippen LogP contribution in [0.3, 0.4) is 0 Å². The summed E-state index contributed by atoms with van der Waals surface area (Å²) in [7, 11) is -2.74. The molecule has 60 valence electrons. The number of nitrogens with two attached hydrogens (primary N) is 1. The predicted molar refractivity (Wildman–Crippen MR) is 41.3 cm³/mol. The Hall–Kier alpha value is 0.150. The van der Waals surface area contributed by atoms with E-state index in [2.05, 4.69) is 0 Å². The van der Waals surface area contributed by atoms with Gasteiger partial charge < -0.3 is 10.6 Å². The monoisotopic (exact) mass is 163 g/mol. The minimum Gasteiger partial charge on any atom is -0.344 e. The van der Waals surface area contributed by atoms with Crippen LogP contribution in [0.15, 0.2) is 0 Å². The van der Waals surface area contributed by atoms with E-state index < -0.39 is 7.37 Å². The van der Waals surface area contributed by atoms with Crippen molar-refractivity contribution in [2.45, 2.75) is 12.8 Å². The van der Waals surface area contributed by atoms with Gasteiger partial charge in [0.05, 0.1) is 0 Å². The summed E-state index contributed by atoms with van der Waals surface area (Å²) in [5.74, 6) is 0.296. The number of rotatable bonds is 1. The Morgan fingerprint density at radius 3 is 2.80 bits per heavy atom. The highest BCUT2D eigenvalue weighted by atomic mass is 31.2. The van der Waals surface area contributed by atoms with Crippen LogP contribution in [0.2, 0.25) is 0 Å². The molecule has 3 nitrogen and oxygen atoms in total. The molecule has 0 aromatic rings. The van der Waals surface area contributed by atoms with Crippen LogP contribution in [0.1, 0.15) is 12.8 Å². The van der Waals surface area contributed by atoms with Gasteiger partial charge in [-0.05, 0) is 25.3 Å². The Morgan fingerprint density at radius 1 is 1.70 bits per heavy atom. The third-order valence-corrected chi connectivity index (χ3v) is 4.10. The van der Waals surface area contributed by atoms with Crippen LogP contribution in [-0.4, -0.2) is 23.8 Å². The molecule has 0 amide bonds. The van der Waals surface area contributed by atoms with Gasteiger partial charge in [-0.1, -0.05) is 0 Å². The number of hydrogen-bond acceptors (Lipinski definition) is 2. The Kier molecular flexibility index (Phi) is 2.50. The molecule has 0 radical (unpaired) electrons. The molecule has 1 heterocycles. The van der Waals surface area contributed by atoms with E-state index >= 15 is 0 Å². The average molecular weight is 163 g/mol. The van der Waals surface area contributed by atoms with Crippen LogP contribution in [0.4, 0.5) is 0 Å². The molecule has 1 rings (SSSR count). The van der Waals surface area contributed by atoms with Crippen molar-refractivity contribution in [3.63, 3.8) is 0 Å². The van der Waals surface area contributed by atoms with E-state index in [4.69, 9.17) is 5.73 Å². The molecular weight excluding hydrogens is 149 g/mol. The molecule has 3 N–H and O–H groups in total. The lowest BCUT2D eigenvalue weighted by Crippen LogP contribution is -2.22. The second-order valence-electron chi connectivity index (χ2n) is 3.00. The Labute approximate surface area is 61.1 Å². The van der Waals surface area contributed by atoms with Crippen molar-refractivity contribution in [2.75, 3.05) is 18.9 Å². The first-order valence-corrected chi connectivity index (χ1v) is 5.68. The molecule has 0 spiro atoms. The lowest BCUT2D eigenvalue weighted by atomic mass is 10.1. The summed E-state index contributed by atoms with van der Waals surface area (Å²) in [5.41, 5.74) is 5.39. The second-order valence-corrected chi connectivity index (χ2v) is 5.50. The molecule has 0 saturated carbocycles. The van der Waals surface area contributed by atoms with Gasteiger partial charge in [0, 0.05) is 12.3 Å². The third kappa shape index (κ3) is 2.08. The van der Waals surface area contributed by atoms with Gasteiger partial charge in [-0.3, -0.25) is 4.57 Å². The molecule has 1 aliphatic rings. The third-order valence-electron chi connectivity index (χ3n) is 2.00. The van der Waals surface area contributed by atoms with Crippen LogP contribution < -0.4 is 5.73 Å². The zero-order chi connectivity index (χ0) is 7.61. The maximum Gasteiger partial charge on any atom is 0.200 e. The Bertz CT molecular complexity index is 160. The minimum absolute atomic E-state index is 0.296. The molecule has 0 bridgehead atoms. The maximum atomic E-state index is 11.1. The Balaban J connectivity index is 2.48. The minimum atomic E-state index is -2.74. The largest absolute Gasteiger partial charge is 0.344 e. The standard InChI is InChI=1S/C6H14NO2P/c7-4-6-2-1-3-10(8,9)5-6/h6H,1-5,7H2,(H,8,9). The molecular formula is C6H14NO2P. The van der Waals surface area contributed by atoms with Crippen molar-refractivity contribution in [1.82, 2.24) is 0 Å². The summed E-state index contributed by atoms with van der Waals surface area (Å²) in [4.78, 5) is 9.18. The van der Waals surface area contributed by atoms with Crippen molar-refractivity contribution in [2.24, 2.45) is 11.7 Å². The van der Waals surface area contributed by atoms with Crippen molar-refractivity contribution in [3.05, 3.63) is 0 Å². The van der Waals surface area contributed by atoms with Crippen LogP contribution in [-0.2, 0) is 4.57 Å². The van der Waals surface area contributed by atoms with Crippen molar-refractivity contribution < 1.29 is 9.46 Å². The van der Waals surface area contributed by atoms with Gasteiger partial charge in [-0.2, -0.15) is 0 Å². The van der Waals surface area contributed by atoms with E-state index in [1.807, 2.05) is 0 Å². The average Bonchev–Trinajstić information content (AvgIpc) is 1.86. The lowest BCUT2D eigenvalue weighted by molar-refractivity contribution is 0.425. The van der Waals surface area contributed by atoms with E-state index in [1.54, 1.807) is 0 Å². The molecule has 0 aromatic heterocycles. The first-order valence-electron chi connectivity index (χ1n) is 3.65. The molecule has 2 atom stereocenters. The molecule has 1 saturated heterocycles. The maximum absolute atomic E-state index is 11.1. The van der Waals surface area contributed by atoms with Gasteiger partial charge in [0.15, 0.2) is 0 Å². The second kappa shape index (κ2) is 3.04. The molecule has 4 heteroatoms. The van der Waals surface area contributed by atoms with E-state index in [1.165, 1.54) is 0 Å². The summed E-state index contributed by atoms with van der Waals surface area (Å²) >= 11 is 0. The lowest BCUT2D eigenvalue weighted by Gasteiger charge is -2.24. The summed E-state index contributed by atoms with van der Waals surface area (Å²) in [6, 6.07) is 0. The van der Waals surface area contributed by atoms with E-state index in [9.17, 15) is 9.46 Å². The number of hydrogen-bond donors (Lipinski definition) is 2. The highest BCUT2D eigenvalue weighted by molar-refractivity contribution is 7.58. The zero-order valence-corrected chi connectivity index (χ0v) is 6.89. The van der Waals surface area contributed by atoms with Crippen LogP contribution in [0.5, 0.6) is 0 Å². The molecule has 10 heavy (non-hydrogen) atoms. The highest BCUT2D eigenvalue weighted by Crippen LogP contribution is 2.47. The van der Waals surface area contributed by atoms with Gasteiger partial charge in [0.2, 0.25) is 7.37 Å². The fraction of sp³-hybridized carbons (Fsp3) is 1.00. The summed E-state index contributed by atoms with van der Waals surface area (Å²) in [5, 5.41) is 0. The van der Waals surface area contributed by atoms with Crippen LogP contribution in [0.25, 0.3) is 0 Å². The topological polar surface area (TPSA) is 63.3 Å². The first kappa shape index (κ1) is 8.25. The highest BCUT2D eigenvalue weighted by Gasteiger charge is 2.27. The quantitative estimate of drug-likeness (QED) is 0.557. The van der Waals surface area contributed by atoms with Gasteiger partial charge in [-0.15, -0.1) is 0 Å². The first-order chi connectivity index (χ1) is 4.64. The smallest absolute Gasteiger partial charge is 0.200 e.